The van der Waals surface area contributed by atoms with Crippen LogP contribution in [0.5, 0.6) is 0 Å². The minimum Gasteiger partial charge on any atom is -0.395 e. The molecule has 3 nitrogen and oxygen atoms in total. The topological polar surface area (TPSA) is 43.7 Å². The van der Waals surface area contributed by atoms with Gasteiger partial charge in [-0.15, -0.1) is 22.7 Å². The Hall–Kier alpha value is -1.92. The molecule has 0 spiro atoms. The van der Waals surface area contributed by atoms with Crippen LogP contribution in [0.3, 0.4) is 0 Å². The molecule has 0 aliphatic rings. The van der Waals surface area contributed by atoms with E-state index in [-0.39, 0.29) is 13.2 Å². The molecule has 0 unspecified atom stereocenters. The third-order valence-corrected chi connectivity index (χ3v) is 5.95. The molecule has 0 atom stereocenters. The van der Waals surface area contributed by atoms with E-state index in [2.05, 4.69) is 53.9 Å². The van der Waals surface area contributed by atoms with Crippen molar-refractivity contribution in [1.29, 1.82) is 0 Å². The number of benzene rings is 1. The molecule has 5 heteroatoms. The molecule has 0 aliphatic carbocycles. The molecule has 0 radical (unpaired) electrons. The Kier molecular flexibility index (Phi) is 6.42. The third-order valence-electron chi connectivity index (χ3n) is 3.83. The lowest BCUT2D eigenvalue weighted by molar-refractivity contribution is 0.281. The van der Waals surface area contributed by atoms with Gasteiger partial charge in [0.05, 0.1) is 13.2 Å². The fourth-order valence-electron chi connectivity index (χ4n) is 2.58. The van der Waals surface area contributed by atoms with Gasteiger partial charge < -0.3 is 15.1 Å². The average Bonchev–Trinajstić information content (AvgIpc) is 3.32. The lowest BCUT2D eigenvalue weighted by Crippen LogP contribution is -2.29. The second kappa shape index (κ2) is 8.97. The third kappa shape index (κ3) is 4.80. The highest BCUT2D eigenvalue weighted by Gasteiger charge is 2.05. The Morgan fingerprint density at radius 3 is 2.24 bits per heavy atom. The van der Waals surface area contributed by atoms with Crippen molar-refractivity contribution >= 4 is 40.5 Å². The molecule has 0 aliphatic heterocycles. The fourth-order valence-corrected chi connectivity index (χ4v) is 4.32. The molecule has 0 saturated carbocycles. The molecule has 2 N–H and O–H groups in total. The van der Waals surface area contributed by atoms with Crippen LogP contribution in [0, 0.1) is 0 Å². The zero-order chi connectivity index (χ0) is 17.5. The van der Waals surface area contributed by atoms with E-state index in [1.165, 1.54) is 14.6 Å². The minimum absolute atomic E-state index is 0.0760. The van der Waals surface area contributed by atoms with Crippen molar-refractivity contribution < 1.29 is 10.2 Å². The smallest absolute Gasteiger partial charge is 0.0606 e. The van der Waals surface area contributed by atoms with Crippen LogP contribution in [0.25, 0.3) is 21.9 Å². The molecule has 0 fully saturated rings. The lowest BCUT2D eigenvalue weighted by Gasteiger charge is -2.22. The van der Waals surface area contributed by atoms with E-state index in [1.807, 2.05) is 17.0 Å². The van der Waals surface area contributed by atoms with Crippen molar-refractivity contribution in [2.24, 2.45) is 0 Å². The summed E-state index contributed by atoms with van der Waals surface area (Å²) in [6.07, 6.45) is 4.24. The number of thiophene rings is 2. The highest BCUT2D eigenvalue weighted by molar-refractivity contribution is 7.21. The molecule has 2 heterocycles. The SMILES string of the molecule is OCCN(CCO)c1ccc(C=Cc2ccc(-c3cccs3)s2)cc1. The van der Waals surface area contributed by atoms with Gasteiger partial charge in [0.25, 0.3) is 0 Å². The van der Waals surface area contributed by atoms with E-state index in [0.29, 0.717) is 13.1 Å². The molecule has 1 aromatic carbocycles. The van der Waals surface area contributed by atoms with Gasteiger partial charge in [0.1, 0.15) is 0 Å². The maximum atomic E-state index is 9.13. The zero-order valence-corrected chi connectivity index (χ0v) is 15.5. The first-order valence-corrected chi connectivity index (χ1v) is 9.88. The van der Waals surface area contributed by atoms with Crippen molar-refractivity contribution in [3.8, 4) is 9.75 Å². The maximum absolute atomic E-state index is 9.13. The van der Waals surface area contributed by atoms with Gasteiger partial charge in [0.15, 0.2) is 0 Å². The van der Waals surface area contributed by atoms with Crippen LogP contribution in [0.1, 0.15) is 10.4 Å². The summed E-state index contributed by atoms with van der Waals surface area (Å²) in [5.74, 6) is 0. The molecule has 0 bridgehead atoms. The molecule has 0 amide bonds. The Balaban J connectivity index is 1.67. The van der Waals surface area contributed by atoms with Crippen LogP contribution in [-0.4, -0.2) is 36.5 Å². The number of aliphatic hydroxyl groups is 2. The van der Waals surface area contributed by atoms with Crippen LogP contribution in [-0.2, 0) is 0 Å². The first-order valence-electron chi connectivity index (χ1n) is 8.18. The zero-order valence-electron chi connectivity index (χ0n) is 13.8. The second-order valence-corrected chi connectivity index (χ2v) is 7.60. The summed E-state index contributed by atoms with van der Waals surface area (Å²) >= 11 is 3.55. The number of hydrogen-bond donors (Lipinski definition) is 2. The summed E-state index contributed by atoms with van der Waals surface area (Å²) in [6.45, 7) is 1.20. The molecular formula is C20H21NO2S2. The van der Waals surface area contributed by atoms with Crippen LogP contribution in [0.4, 0.5) is 5.69 Å². The number of hydrogen-bond acceptors (Lipinski definition) is 5. The number of nitrogens with zero attached hydrogens (tertiary/aromatic N) is 1. The van der Waals surface area contributed by atoms with Gasteiger partial charge in [0, 0.05) is 33.4 Å². The molecule has 3 rings (SSSR count). The van der Waals surface area contributed by atoms with Crippen molar-refractivity contribution in [2.45, 2.75) is 0 Å². The Labute approximate surface area is 156 Å². The summed E-state index contributed by atoms with van der Waals surface area (Å²) in [5, 5.41) is 20.4. The number of anilines is 1. The summed E-state index contributed by atoms with van der Waals surface area (Å²) in [6, 6.07) is 16.7. The first kappa shape index (κ1) is 17.9. The van der Waals surface area contributed by atoms with E-state index in [4.69, 9.17) is 10.2 Å². The monoisotopic (exact) mass is 371 g/mol. The van der Waals surface area contributed by atoms with E-state index < -0.39 is 0 Å². The van der Waals surface area contributed by atoms with Gasteiger partial charge in [-0.25, -0.2) is 0 Å². The lowest BCUT2D eigenvalue weighted by atomic mass is 10.1. The maximum Gasteiger partial charge on any atom is 0.0606 e. The highest BCUT2D eigenvalue weighted by atomic mass is 32.1. The summed E-state index contributed by atoms with van der Waals surface area (Å²) in [7, 11) is 0. The van der Waals surface area contributed by atoms with Crippen LogP contribution < -0.4 is 4.90 Å². The summed E-state index contributed by atoms with van der Waals surface area (Å²) < 4.78 is 0. The number of rotatable bonds is 8. The van der Waals surface area contributed by atoms with Gasteiger partial charge in [-0.1, -0.05) is 24.3 Å². The normalized spacial score (nSPS) is 11.3. The molecule has 2 aromatic heterocycles. The van der Waals surface area contributed by atoms with Gasteiger partial charge >= 0.3 is 0 Å². The van der Waals surface area contributed by atoms with E-state index in [0.717, 1.165) is 11.3 Å². The summed E-state index contributed by atoms with van der Waals surface area (Å²) in [4.78, 5) is 5.81. The second-order valence-electron chi connectivity index (χ2n) is 5.54. The minimum atomic E-state index is 0.0760. The van der Waals surface area contributed by atoms with Gasteiger partial charge in [-0.2, -0.15) is 0 Å². The van der Waals surface area contributed by atoms with Crippen molar-refractivity contribution in [3.05, 3.63) is 64.4 Å². The highest BCUT2D eigenvalue weighted by Crippen LogP contribution is 2.32. The first-order chi connectivity index (χ1) is 12.3. The molecular weight excluding hydrogens is 350 g/mol. The Morgan fingerprint density at radius 1 is 0.840 bits per heavy atom. The predicted molar refractivity (Wildman–Crippen MR) is 109 cm³/mol. The average molecular weight is 372 g/mol. The van der Waals surface area contributed by atoms with Gasteiger partial charge in [-0.3, -0.25) is 0 Å². The van der Waals surface area contributed by atoms with Crippen molar-refractivity contribution in [1.82, 2.24) is 0 Å². The van der Waals surface area contributed by atoms with Crippen molar-refractivity contribution in [2.75, 3.05) is 31.2 Å². The largest absolute Gasteiger partial charge is 0.395 e. The van der Waals surface area contributed by atoms with Crippen LogP contribution in [0.2, 0.25) is 0 Å². The quantitative estimate of drug-likeness (QED) is 0.615. The fraction of sp³-hybridized carbons (Fsp3) is 0.200. The molecule has 0 saturated heterocycles. The van der Waals surface area contributed by atoms with E-state index in [1.54, 1.807) is 22.7 Å². The standard InChI is InChI=1S/C20H21NO2S2/c22-13-11-21(12-14-23)17-6-3-16(4-7-17)5-8-18-9-10-20(25-18)19-2-1-15-24-19/h1-10,15,22-23H,11-14H2. The summed E-state index contributed by atoms with van der Waals surface area (Å²) in [5.41, 5.74) is 2.14. The predicted octanol–water partition coefficient (Wildman–Crippen LogP) is 4.44. The Bertz CT molecular complexity index is 785. The van der Waals surface area contributed by atoms with Gasteiger partial charge in [-0.05, 0) is 47.4 Å². The number of aliphatic hydroxyl groups excluding tert-OH is 2. The molecule has 130 valence electrons. The Morgan fingerprint density at radius 2 is 1.60 bits per heavy atom. The molecule has 25 heavy (non-hydrogen) atoms. The molecule has 3 aromatic rings. The van der Waals surface area contributed by atoms with Gasteiger partial charge in [0.2, 0.25) is 0 Å². The van der Waals surface area contributed by atoms with E-state index in [9.17, 15) is 0 Å². The van der Waals surface area contributed by atoms with E-state index >= 15 is 0 Å². The van der Waals surface area contributed by atoms with Crippen LogP contribution >= 0.6 is 22.7 Å². The van der Waals surface area contributed by atoms with Crippen molar-refractivity contribution in [3.63, 3.8) is 0 Å². The van der Waals surface area contributed by atoms with Crippen LogP contribution in [0.15, 0.2) is 53.9 Å².